The Kier molecular flexibility index (Phi) is 3.49. The largest absolute Gasteiger partial charge is 0.419 e. The lowest BCUT2D eigenvalue weighted by Gasteiger charge is -2.05. The van der Waals surface area contributed by atoms with Crippen LogP contribution in [0, 0.1) is 0 Å². The number of rotatable bonds is 5. The zero-order chi connectivity index (χ0) is 12.3. The fourth-order valence-corrected chi connectivity index (χ4v) is 1.73. The van der Waals surface area contributed by atoms with Crippen LogP contribution in [0.1, 0.15) is 6.42 Å². The maximum atomic E-state index is 11.3. The predicted molar refractivity (Wildman–Crippen MR) is 68.5 cm³/mol. The first-order valence-corrected chi connectivity index (χ1v) is 5.70. The summed E-state index contributed by atoms with van der Waals surface area (Å²) in [7, 11) is 3.65. The Hall–Kier alpha value is -1.75. The molecular formula is C12H17N3O2. The minimum Gasteiger partial charge on any atom is -0.408 e. The lowest BCUT2D eigenvalue weighted by Crippen LogP contribution is -2.13. The fourth-order valence-electron chi connectivity index (χ4n) is 1.73. The van der Waals surface area contributed by atoms with Gasteiger partial charge in [-0.2, -0.15) is 0 Å². The van der Waals surface area contributed by atoms with Crippen molar-refractivity contribution < 1.29 is 4.42 Å². The van der Waals surface area contributed by atoms with E-state index in [4.69, 9.17) is 4.42 Å². The zero-order valence-corrected chi connectivity index (χ0v) is 10.1. The molecule has 0 fully saturated rings. The minimum absolute atomic E-state index is 0.327. The molecule has 0 aliphatic rings. The quantitative estimate of drug-likeness (QED) is 0.763. The zero-order valence-electron chi connectivity index (χ0n) is 10.1. The van der Waals surface area contributed by atoms with Gasteiger partial charge in [0.1, 0.15) is 0 Å². The Morgan fingerprint density at radius 1 is 1.35 bits per heavy atom. The normalized spacial score (nSPS) is 10.9. The summed E-state index contributed by atoms with van der Waals surface area (Å²) in [6, 6.07) is 5.67. The number of aryl methyl sites for hydroxylation is 1. The molecule has 0 aliphatic heterocycles. The van der Waals surface area contributed by atoms with Crippen molar-refractivity contribution in [3.8, 4) is 0 Å². The topological polar surface area (TPSA) is 59.2 Å². The second kappa shape index (κ2) is 5.05. The number of hydrogen-bond acceptors (Lipinski definition) is 4. The lowest BCUT2D eigenvalue weighted by atomic mass is 10.2. The van der Waals surface area contributed by atoms with Gasteiger partial charge in [0, 0.05) is 19.3 Å². The SMILES string of the molecule is CNCCCNc1ccc2oc(=O)n(C)c2c1. The summed E-state index contributed by atoms with van der Waals surface area (Å²) in [6.07, 6.45) is 1.05. The van der Waals surface area contributed by atoms with Crippen LogP contribution in [0.25, 0.3) is 11.1 Å². The Bertz CT molecular complexity index is 556. The highest BCUT2D eigenvalue weighted by atomic mass is 16.4. The van der Waals surface area contributed by atoms with Crippen LogP contribution >= 0.6 is 0 Å². The molecule has 1 heterocycles. The van der Waals surface area contributed by atoms with Crippen molar-refractivity contribution in [1.82, 2.24) is 9.88 Å². The molecular weight excluding hydrogens is 218 g/mol. The highest BCUT2D eigenvalue weighted by Crippen LogP contribution is 2.17. The monoisotopic (exact) mass is 235 g/mol. The summed E-state index contributed by atoms with van der Waals surface area (Å²) in [5.41, 5.74) is 2.44. The number of anilines is 1. The van der Waals surface area contributed by atoms with Crippen LogP contribution in [-0.4, -0.2) is 24.7 Å². The van der Waals surface area contributed by atoms with E-state index in [-0.39, 0.29) is 5.76 Å². The lowest BCUT2D eigenvalue weighted by molar-refractivity contribution is 0.528. The molecule has 0 radical (unpaired) electrons. The summed E-state index contributed by atoms with van der Waals surface area (Å²) in [4.78, 5) is 11.3. The molecule has 0 saturated carbocycles. The summed E-state index contributed by atoms with van der Waals surface area (Å²) in [5, 5.41) is 6.41. The van der Waals surface area contributed by atoms with Gasteiger partial charge in [0.2, 0.25) is 0 Å². The second-order valence-corrected chi connectivity index (χ2v) is 3.99. The average molecular weight is 235 g/mol. The Morgan fingerprint density at radius 3 is 2.94 bits per heavy atom. The van der Waals surface area contributed by atoms with Crippen LogP contribution < -0.4 is 16.4 Å². The van der Waals surface area contributed by atoms with Crippen molar-refractivity contribution in [1.29, 1.82) is 0 Å². The highest BCUT2D eigenvalue weighted by molar-refractivity contribution is 5.77. The van der Waals surface area contributed by atoms with Crippen molar-refractivity contribution >= 4 is 16.8 Å². The van der Waals surface area contributed by atoms with Crippen LogP contribution in [0.15, 0.2) is 27.4 Å². The third-order valence-corrected chi connectivity index (χ3v) is 2.72. The first-order chi connectivity index (χ1) is 8.22. The maximum absolute atomic E-state index is 11.3. The van der Waals surface area contributed by atoms with Crippen LogP contribution in [0.2, 0.25) is 0 Å². The molecule has 2 N–H and O–H groups in total. The predicted octanol–water partition coefficient (Wildman–Crippen LogP) is 1.15. The van der Waals surface area contributed by atoms with E-state index in [1.165, 1.54) is 4.57 Å². The highest BCUT2D eigenvalue weighted by Gasteiger charge is 2.05. The van der Waals surface area contributed by atoms with Crippen molar-refractivity contribution in [2.45, 2.75) is 6.42 Å². The van der Waals surface area contributed by atoms with E-state index >= 15 is 0 Å². The molecule has 0 amide bonds. The van der Waals surface area contributed by atoms with E-state index in [9.17, 15) is 4.79 Å². The Balaban J connectivity index is 2.14. The van der Waals surface area contributed by atoms with Gasteiger partial charge in [0.15, 0.2) is 5.58 Å². The minimum atomic E-state index is -0.327. The van der Waals surface area contributed by atoms with Gasteiger partial charge in [-0.15, -0.1) is 0 Å². The number of benzene rings is 1. The maximum Gasteiger partial charge on any atom is 0.419 e. The molecule has 0 saturated heterocycles. The molecule has 92 valence electrons. The number of aromatic nitrogens is 1. The first kappa shape index (κ1) is 11.7. The van der Waals surface area contributed by atoms with Crippen molar-refractivity contribution in [3.05, 3.63) is 28.7 Å². The molecule has 5 heteroatoms. The molecule has 1 aromatic carbocycles. The number of fused-ring (bicyclic) bond motifs is 1. The molecule has 0 aliphatic carbocycles. The molecule has 0 unspecified atom stereocenters. The van der Waals surface area contributed by atoms with Gasteiger partial charge in [0.25, 0.3) is 0 Å². The summed E-state index contributed by atoms with van der Waals surface area (Å²) >= 11 is 0. The summed E-state index contributed by atoms with van der Waals surface area (Å²) < 4.78 is 6.57. The number of oxazole rings is 1. The average Bonchev–Trinajstić information content (AvgIpc) is 2.61. The van der Waals surface area contributed by atoms with Crippen LogP contribution in [0.3, 0.4) is 0 Å². The molecule has 0 bridgehead atoms. The van der Waals surface area contributed by atoms with E-state index in [0.29, 0.717) is 5.58 Å². The smallest absolute Gasteiger partial charge is 0.408 e. The van der Waals surface area contributed by atoms with Gasteiger partial charge in [-0.1, -0.05) is 0 Å². The van der Waals surface area contributed by atoms with E-state index in [1.54, 1.807) is 7.05 Å². The Labute approximate surface area is 99.4 Å². The Morgan fingerprint density at radius 2 is 2.18 bits per heavy atom. The van der Waals surface area contributed by atoms with Crippen LogP contribution in [0.4, 0.5) is 5.69 Å². The van der Waals surface area contributed by atoms with Crippen LogP contribution in [-0.2, 0) is 7.05 Å². The van der Waals surface area contributed by atoms with Gasteiger partial charge in [-0.25, -0.2) is 4.79 Å². The molecule has 0 spiro atoms. The van der Waals surface area contributed by atoms with Crippen LogP contribution in [0.5, 0.6) is 0 Å². The van der Waals surface area contributed by atoms with E-state index in [0.717, 1.165) is 30.7 Å². The van der Waals surface area contributed by atoms with Gasteiger partial charge in [-0.05, 0) is 38.2 Å². The summed E-state index contributed by atoms with van der Waals surface area (Å²) in [6.45, 7) is 1.89. The fraction of sp³-hybridized carbons (Fsp3) is 0.417. The first-order valence-electron chi connectivity index (χ1n) is 5.70. The van der Waals surface area contributed by atoms with E-state index in [2.05, 4.69) is 10.6 Å². The standard InChI is InChI=1S/C12H17N3O2/c1-13-6-3-7-14-9-4-5-11-10(8-9)15(2)12(16)17-11/h4-5,8,13-14H,3,6-7H2,1-2H3. The third kappa shape index (κ3) is 2.50. The number of hydrogen-bond donors (Lipinski definition) is 2. The molecule has 1 aromatic heterocycles. The molecule has 0 atom stereocenters. The second-order valence-electron chi connectivity index (χ2n) is 3.99. The molecule has 2 aromatic rings. The van der Waals surface area contributed by atoms with Crippen molar-refractivity contribution in [2.75, 3.05) is 25.5 Å². The number of nitrogens with zero attached hydrogens (tertiary/aromatic N) is 1. The third-order valence-electron chi connectivity index (χ3n) is 2.72. The van der Waals surface area contributed by atoms with Gasteiger partial charge < -0.3 is 15.1 Å². The molecule has 5 nitrogen and oxygen atoms in total. The van der Waals surface area contributed by atoms with Gasteiger partial charge >= 0.3 is 5.76 Å². The van der Waals surface area contributed by atoms with E-state index < -0.39 is 0 Å². The van der Waals surface area contributed by atoms with E-state index in [1.807, 2.05) is 25.2 Å². The van der Waals surface area contributed by atoms with Crippen molar-refractivity contribution in [3.63, 3.8) is 0 Å². The summed E-state index contributed by atoms with van der Waals surface area (Å²) in [5.74, 6) is -0.327. The number of nitrogens with one attached hydrogen (secondary N) is 2. The van der Waals surface area contributed by atoms with Gasteiger partial charge in [-0.3, -0.25) is 4.57 Å². The van der Waals surface area contributed by atoms with Crippen molar-refractivity contribution in [2.24, 2.45) is 7.05 Å². The molecule has 17 heavy (non-hydrogen) atoms. The molecule has 2 rings (SSSR count). The van der Waals surface area contributed by atoms with Gasteiger partial charge in [0.05, 0.1) is 5.52 Å².